The van der Waals surface area contributed by atoms with Gasteiger partial charge in [0, 0.05) is 12.1 Å². The molecule has 3 N–H and O–H groups in total. The third-order valence-corrected chi connectivity index (χ3v) is 3.09. The maximum absolute atomic E-state index is 5.69. The van der Waals surface area contributed by atoms with Crippen LogP contribution in [0.1, 0.15) is 12.8 Å². The van der Waals surface area contributed by atoms with Crippen molar-refractivity contribution in [1.82, 2.24) is 5.32 Å². The molecule has 0 saturated carbocycles. The molecular formula is C8H16N2O. The molecular weight excluding hydrogens is 140 g/mol. The molecule has 0 aromatic heterocycles. The minimum atomic E-state index is 0.259. The Morgan fingerprint density at radius 2 is 2.55 bits per heavy atom. The lowest BCUT2D eigenvalue weighted by atomic mass is 9.85. The molecule has 2 atom stereocenters. The van der Waals surface area contributed by atoms with Crippen LogP contribution in [0.2, 0.25) is 0 Å². The summed E-state index contributed by atoms with van der Waals surface area (Å²) in [4.78, 5) is 0. The van der Waals surface area contributed by atoms with E-state index in [0.717, 1.165) is 32.7 Å². The van der Waals surface area contributed by atoms with Crippen molar-refractivity contribution < 1.29 is 4.74 Å². The van der Waals surface area contributed by atoms with Crippen molar-refractivity contribution >= 4 is 0 Å². The van der Waals surface area contributed by atoms with Gasteiger partial charge < -0.3 is 15.8 Å². The Morgan fingerprint density at radius 1 is 1.64 bits per heavy atom. The predicted octanol–water partition coefficient (Wildman–Crippen LogP) is -0.286. The molecule has 0 aromatic rings. The van der Waals surface area contributed by atoms with E-state index in [2.05, 4.69) is 5.32 Å². The number of nitrogens with two attached hydrogens (primary N) is 1. The van der Waals surface area contributed by atoms with E-state index in [4.69, 9.17) is 10.5 Å². The topological polar surface area (TPSA) is 47.3 Å². The zero-order chi connectivity index (χ0) is 7.73. The molecule has 11 heavy (non-hydrogen) atoms. The van der Waals surface area contributed by atoms with Crippen LogP contribution in [0.25, 0.3) is 0 Å². The molecule has 3 nitrogen and oxygen atoms in total. The van der Waals surface area contributed by atoms with E-state index in [1.807, 2.05) is 0 Å². The van der Waals surface area contributed by atoms with Crippen LogP contribution in [-0.2, 0) is 4.74 Å². The van der Waals surface area contributed by atoms with Gasteiger partial charge in [0.1, 0.15) is 0 Å². The fraction of sp³-hybridized carbons (Fsp3) is 1.00. The summed E-state index contributed by atoms with van der Waals surface area (Å²) >= 11 is 0. The molecule has 64 valence electrons. The fourth-order valence-electron chi connectivity index (χ4n) is 2.30. The zero-order valence-corrected chi connectivity index (χ0v) is 6.81. The van der Waals surface area contributed by atoms with Crippen molar-refractivity contribution in [2.75, 3.05) is 26.3 Å². The summed E-state index contributed by atoms with van der Waals surface area (Å²) < 4.78 is 5.40. The van der Waals surface area contributed by atoms with Crippen molar-refractivity contribution in [1.29, 1.82) is 0 Å². The fourth-order valence-corrected chi connectivity index (χ4v) is 2.30. The van der Waals surface area contributed by atoms with Crippen molar-refractivity contribution in [3.05, 3.63) is 0 Å². The molecule has 1 spiro atoms. The first-order valence-electron chi connectivity index (χ1n) is 4.40. The average molecular weight is 156 g/mol. The van der Waals surface area contributed by atoms with Gasteiger partial charge in [-0.25, -0.2) is 0 Å². The maximum Gasteiger partial charge on any atom is 0.0652 e. The van der Waals surface area contributed by atoms with Crippen LogP contribution in [0.5, 0.6) is 0 Å². The molecule has 0 bridgehead atoms. The highest BCUT2D eigenvalue weighted by Gasteiger charge is 2.44. The van der Waals surface area contributed by atoms with Crippen LogP contribution in [0, 0.1) is 5.92 Å². The van der Waals surface area contributed by atoms with Crippen molar-refractivity contribution in [2.45, 2.75) is 18.4 Å². The van der Waals surface area contributed by atoms with Crippen LogP contribution in [-0.4, -0.2) is 31.8 Å². The Bertz CT molecular complexity index is 138. The van der Waals surface area contributed by atoms with Crippen LogP contribution < -0.4 is 11.1 Å². The normalized spacial score (nSPS) is 43.9. The third-order valence-electron chi connectivity index (χ3n) is 3.09. The van der Waals surface area contributed by atoms with Gasteiger partial charge in [-0.05, 0) is 31.8 Å². The van der Waals surface area contributed by atoms with Gasteiger partial charge in [0.15, 0.2) is 0 Å². The standard InChI is InChI=1S/C8H16N2O/c9-5-7-1-3-10-8(7)2-4-11-6-8/h7,10H,1-6,9H2. The molecule has 3 heteroatoms. The van der Waals surface area contributed by atoms with Gasteiger partial charge in [0.05, 0.1) is 6.61 Å². The van der Waals surface area contributed by atoms with E-state index in [9.17, 15) is 0 Å². The van der Waals surface area contributed by atoms with Gasteiger partial charge >= 0.3 is 0 Å². The Morgan fingerprint density at radius 3 is 3.18 bits per heavy atom. The molecule has 2 aliphatic heterocycles. The van der Waals surface area contributed by atoms with Crippen LogP contribution >= 0.6 is 0 Å². The number of hydrogen-bond donors (Lipinski definition) is 2. The molecule has 2 heterocycles. The Labute approximate surface area is 67.3 Å². The third kappa shape index (κ3) is 1.08. The number of hydrogen-bond acceptors (Lipinski definition) is 3. The SMILES string of the molecule is NCC1CCNC12CCOC2. The summed E-state index contributed by atoms with van der Waals surface area (Å²) in [5.41, 5.74) is 5.95. The second-order valence-electron chi connectivity index (χ2n) is 3.61. The zero-order valence-electron chi connectivity index (χ0n) is 6.81. The monoisotopic (exact) mass is 156 g/mol. The minimum absolute atomic E-state index is 0.259. The van der Waals surface area contributed by atoms with Gasteiger partial charge in [-0.3, -0.25) is 0 Å². The number of nitrogens with one attached hydrogen (secondary N) is 1. The van der Waals surface area contributed by atoms with Crippen molar-refractivity contribution in [3.8, 4) is 0 Å². The Hall–Kier alpha value is -0.120. The van der Waals surface area contributed by atoms with Gasteiger partial charge in [-0.2, -0.15) is 0 Å². The lowest BCUT2D eigenvalue weighted by molar-refractivity contribution is 0.158. The lowest BCUT2D eigenvalue weighted by Crippen LogP contribution is -2.47. The van der Waals surface area contributed by atoms with Crippen molar-refractivity contribution in [3.63, 3.8) is 0 Å². The summed E-state index contributed by atoms with van der Waals surface area (Å²) in [6, 6.07) is 0. The first kappa shape index (κ1) is 7.53. The maximum atomic E-state index is 5.69. The summed E-state index contributed by atoms with van der Waals surface area (Å²) in [5, 5.41) is 3.53. The van der Waals surface area contributed by atoms with E-state index in [1.165, 1.54) is 6.42 Å². The second-order valence-corrected chi connectivity index (χ2v) is 3.61. The van der Waals surface area contributed by atoms with E-state index in [0.29, 0.717) is 5.92 Å². The van der Waals surface area contributed by atoms with Crippen LogP contribution in [0.4, 0.5) is 0 Å². The highest BCUT2D eigenvalue weighted by molar-refractivity contribution is 5.02. The first-order valence-corrected chi connectivity index (χ1v) is 4.40. The van der Waals surface area contributed by atoms with Crippen LogP contribution in [0.3, 0.4) is 0 Å². The quantitative estimate of drug-likeness (QED) is 0.548. The van der Waals surface area contributed by atoms with E-state index < -0.39 is 0 Å². The predicted molar refractivity (Wildman–Crippen MR) is 43.3 cm³/mol. The molecule has 0 radical (unpaired) electrons. The summed E-state index contributed by atoms with van der Waals surface area (Å²) in [6.07, 6.45) is 2.37. The average Bonchev–Trinajstić information content (AvgIpc) is 2.62. The first-order chi connectivity index (χ1) is 5.37. The number of ether oxygens (including phenoxy) is 1. The van der Waals surface area contributed by atoms with Gasteiger partial charge in [0.25, 0.3) is 0 Å². The molecule has 0 aromatic carbocycles. The van der Waals surface area contributed by atoms with Gasteiger partial charge in [0.2, 0.25) is 0 Å². The molecule has 0 amide bonds. The van der Waals surface area contributed by atoms with Gasteiger partial charge in [-0.15, -0.1) is 0 Å². The van der Waals surface area contributed by atoms with E-state index in [-0.39, 0.29) is 5.54 Å². The Balaban J connectivity index is 2.09. The second kappa shape index (κ2) is 2.73. The molecule has 2 rings (SSSR count). The van der Waals surface area contributed by atoms with Gasteiger partial charge in [-0.1, -0.05) is 0 Å². The molecule has 2 fully saturated rings. The largest absolute Gasteiger partial charge is 0.379 e. The summed E-state index contributed by atoms with van der Waals surface area (Å²) in [7, 11) is 0. The summed E-state index contributed by atoms with van der Waals surface area (Å²) in [6.45, 7) is 3.69. The minimum Gasteiger partial charge on any atom is -0.379 e. The highest BCUT2D eigenvalue weighted by Crippen LogP contribution is 2.33. The number of rotatable bonds is 1. The summed E-state index contributed by atoms with van der Waals surface area (Å²) in [5.74, 6) is 0.644. The molecule has 2 aliphatic rings. The van der Waals surface area contributed by atoms with Crippen LogP contribution in [0.15, 0.2) is 0 Å². The van der Waals surface area contributed by atoms with E-state index >= 15 is 0 Å². The van der Waals surface area contributed by atoms with Crippen molar-refractivity contribution in [2.24, 2.45) is 11.7 Å². The smallest absolute Gasteiger partial charge is 0.0652 e. The Kier molecular flexibility index (Phi) is 1.87. The van der Waals surface area contributed by atoms with E-state index in [1.54, 1.807) is 0 Å². The molecule has 2 unspecified atom stereocenters. The molecule has 0 aliphatic carbocycles. The molecule has 2 saturated heterocycles. The highest BCUT2D eigenvalue weighted by atomic mass is 16.5. The lowest BCUT2D eigenvalue weighted by Gasteiger charge is -2.28.